The van der Waals surface area contributed by atoms with Gasteiger partial charge < -0.3 is 19.2 Å². The van der Waals surface area contributed by atoms with Gasteiger partial charge in [0.1, 0.15) is 17.2 Å². The second kappa shape index (κ2) is 7.34. The Hall–Kier alpha value is -3.35. The van der Waals surface area contributed by atoms with Gasteiger partial charge in [0.25, 0.3) is 11.8 Å². The molecule has 1 fully saturated rings. The van der Waals surface area contributed by atoms with E-state index >= 15 is 0 Å². The fourth-order valence-corrected chi connectivity index (χ4v) is 3.57. The maximum atomic E-state index is 13.2. The molecule has 0 radical (unpaired) electrons. The number of nitrogens with one attached hydrogen (secondary N) is 1. The molecule has 0 unspecified atom stereocenters. The number of carbonyl (C=O) groups is 2. The molecule has 1 aromatic carbocycles. The molecule has 2 aromatic heterocycles. The molecular formula is C21H21N3O4. The third kappa shape index (κ3) is 3.31. The number of nitrogens with zero attached hydrogens (tertiary/aromatic N) is 2. The first-order chi connectivity index (χ1) is 13.6. The number of aromatic nitrogens is 1. The van der Waals surface area contributed by atoms with E-state index in [1.54, 1.807) is 31.3 Å². The lowest BCUT2D eigenvalue weighted by atomic mass is 10.1. The number of likely N-dealkylation sites (tertiary alicyclic amines) is 1. The summed E-state index contributed by atoms with van der Waals surface area (Å²) in [7, 11) is 1.55. The molecule has 144 valence electrons. The molecular weight excluding hydrogens is 358 g/mol. The van der Waals surface area contributed by atoms with E-state index in [9.17, 15) is 9.59 Å². The lowest BCUT2D eigenvalue weighted by Crippen LogP contribution is -2.30. The van der Waals surface area contributed by atoms with Gasteiger partial charge >= 0.3 is 0 Å². The summed E-state index contributed by atoms with van der Waals surface area (Å²) in [6.07, 6.45) is 1.79. The second-order valence-electron chi connectivity index (χ2n) is 6.84. The zero-order valence-corrected chi connectivity index (χ0v) is 15.8. The molecule has 1 N–H and O–H groups in total. The summed E-state index contributed by atoms with van der Waals surface area (Å²) < 4.78 is 10.8. The first kappa shape index (κ1) is 18.0. The van der Waals surface area contributed by atoms with Crippen LogP contribution < -0.4 is 5.32 Å². The van der Waals surface area contributed by atoms with Crippen LogP contribution in [0.15, 0.2) is 51.4 Å². The predicted molar refractivity (Wildman–Crippen MR) is 102 cm³/mol. The Morgan fingerprint density at radius 2 is 2.07 bits per heavy atom. The molecule has 7 nitrogen and oxygen atoms in total. The van der Waals surface area contributed by atoms with Crippen LogP contribution in [0.4, 0.5) is 0 Å². The Kier molecular flexibility index (Phi) is 4.73. The van der Waals surface area contributed by atoms with E-state index in [4.69, 9.17) is 8.94 Å². The van der Waals surface area contributed by atoms with Crippen molar-refractivity contribution in [2.24, 2.45) is 0 Å². The molecule has 1 atom stereocenters. The first-order valence-electron chi connectivity index (χ1n) is 9.23. The highest BCUT2D eigenvalue weighted by molar-refractivity contribution is 5.96. The van der Waals surface area contributed by atoms with E-state index in [0.29, 0.717) is 17.9 Å². The zero-order chi connectivity index (χ0) is 19.7. The van der Waals surface area contributed by atoms with Gasteiger partial charge in [-0.15, -0.1) is 0 Å². The molecule has 1 saturated heterocycles. The molecule has 2 amide bonds. The third-order valence-electron chi connectivity index (χ3n) is 4.95. The quantitative estimate of drug-likeness (QED) is 0.748. The van der Waals surface area contributed by atoms with Crippen molar-refractivity contribution in [2.75, 3.05) is 13.6 Å². The van der Waals surface area contributed by atoms with Crippen molar-refractivity contribution in [3.8, 4) is 11.3 Å². The Labute approximate surface area is 162 Å². The highest BCUT2D eigenvalue weighted by Gasteiger charge is 2.32. The van der Waals surface area contributed by atoms with Crippen LogP contribution in [-0.4, -0.2) is 35.5 Å². The fraction of sp³-hybridized carbons (Fsp3) is 0.286. The summed E-state index contributed by atoms with van der Waals surface area (Å²) in [6.45, 7) is 2.53. The molecule has 0 aliphatic carbocycles. The molecule has 28 heavy (non-hydrogen) atoms. The number of amides is 2. The van der Waals surface area contributed by atoms with E-state index in [1.165, 1.54) is 0 Å². The van der Waals surface area contributed by atoms with Crippen LogP contribution in [-0.2, 0) is 0 Å². The van der Waals surface area contributed by atoms with E-state index < -0.39 is 0 Å². The molecule has 0 bridgehead atoms. The number of rotatable bonds is 4. The predicted octanol–water partition coefficient (Wildman–Crippen LogP) is 3.58. The summed E-state index contributed by atoms with van der Waals surface area (Å²) in [4.78, 5) is 26.7. The number of carbonyl (C=O) groups excluding carboxylic acids is 2. The van der Waals surface area contributed by atoms with E-state index in [2.05, 4.69) is 10.5 Å². The van der Waals surface area contributed by atoms with Crippen LogP contribution in [0.3, 0.4) is 0 Å². The average molecular weight is 379 g/mol. The SMILES string of the molecule is CNC(=O)c1ccc(-c2cccc(C(=O)N3CCC[C@H]3c3cc(C)on3)c2)o1. The monoisotopic (exact) mass is 379 g/mol. The fourth-order valence-electron chi connectivity index (χ4n) is 3.57. The molecule has 3 aromatic rings. The van der Waals surface area contributed by atoms with E-state index in [0.717, 1.165) is 29.9 Å². The van der Waals surface area contributed by atoms with Crippen molar-refractivity contribution >= 4 is 11.8 Å². The maximum Gasteiger partial charge on any atom is 0.286 e. The van der Waals surface area contributed by atoms with Gasteiger partial charge in [0.2, 0.25) is 0 Å². The molecule has 7 heteroatoms. The van der Waals surface area contributed by atoms with Crippen molar-refractivity contribution in [3.05, 3.63) is 65.2 Å². The highest BCUT2D eigenvalue weighted by atomic mass is 16.5. The largest absolute Gasteiger partial charge is 0.451 e. The van der Waals surface area contributed by atoms with E-state index in [1.807, 2.05) is 30.0 Å². The molecule has 4 rings (SSSR count). The highest BCUT2D eigenvalue weighted by Crippen LogP contribution is 2.33. The van der Waals surface area contributed by atoms with Crippen molar-refractivity contribution in [1.29, 1.82) is 0 Å². The van der Waals surface area contributed by atoms with Crippen molar-refractivity contribution in [1.82, 2.24) is 15.4 Å². The summed E-state index contributed by atoms with van der Waals surface area (Å²) in [6, 6.07) is 12.4. The average Bonchev–Trinajstić information content (AvgIpc) is 3.46. The molecule has 0 saturated carbocycles. The summed E-state index contributed by atoms with van der Waals surface area (Å²) in [5.74, 6) is 1.17. The Bertz CT molecular complexity index is 1020. The number of benzene rings is 1. The maximum absolute atomic E-state index is 13.2. The summed E-state index contributed by atoms with van der Waals surface area (Å²) in [5, 5.41) is 6.62. The normalized spacial score (nSPS) is 16.4. The summed E-state index contributed by atoms with van der Waals surface area (Å²) in [5.41, 5.74) is 2.11. The van der Waals surface area contributed by atoms with Gasteiger partial charge in [0.05, 0.1) is 6.04 Å². The van der Waals surface area contributed by atoms with Crippen molar-refractivity contribution in [2.45, 2.75) is 25.8 Å². The van der Waals surface area contributed by atoms with Crippen LogP contribution in [0.25, 0.3) is 11.3 Å². The second-order valence-corrected chi connectivity index (χ2v) is 6.84. The topological polar surface area (TPSA) is 88.6 Å². The van der Waals surface area contributed by atoms with Crippen LogP contribution in [0.5, 0.6) is 0 Å². The van der Waals surface area contributed by atoms with Crippen molar-refractivity contribution < 1.29 is 18.5 Å². The van der Waals surface area contributed by atoms with Gasteiger partial charge in [0, 0.05) is 30.8 Å². The van der Waals surface area contributed by atoms with Gasteiger partial charge in [0.15, 0.2) is 5.76 Å². The zero-order valence-electron chi connectivity index (χ0n) is 15.8. The lowest BCUT2D eigenvalue weighted by molar-refractivity contribution is 0.0730. The molecule has 0 spiro atoms. The van der Waals surface area contributed by atoms with Crippen LogP contribution in [0.2, 0.25) is 0 Å². The molecule has 1 aliphatic heterocycles. The lowest BCUT2D eigenvalue weighted by Gasteiger charge is -2.23. The smallest absolute Gasteiger partial charge is 0.286 e. The van der Waals surface area contributed by atoms with Gasteiger partial charge in [-0.05, 0) is 44.0 Å². The number of hydrogen-bond donors (Lipinski definition) is 1. The number of aryl methyl sites for hydroxylation is 1. The first-order valence-corrected chi connectivity index (χ1v) is 9.23. The Balaban J connectivity index is 1.59. The third-order valence-corrected chi connectivity index (χ3v) is 4.95. The number of furan rings is 1. The standard InChI is InChI=1S/C21H21N3O4/c1-13-11-16(23-28-13)17-7-4-10-24(17)21(26)15-6-3-5-14(12-15)18-8-9-19(27-18)20(25)22-2/h3,5-6,8-9,11-12,17H,4,7,10H2,1-2H3,(H,22,25)/t17-/m0/s1. The van der Waals surface area contributed by atoms with Gasteiger partial charge in [-0.3, -0.25) is 9.59 Å². The van der Waals surface area contributed by atoms with Crippen molar-refractivity contribution in [3.63, 3.8) is 0 Å². The summed E-state index contributed by atoms with van der Waals surface area (Å²) >= 11 is 0. The minimum absolute atomic E-state index is 0.0527. The van der Waals surface area contributed by atoms with Gasteiger partial charge in [-0.25, -0.2) is 0 Å². The van der Waals surface area contributed by atoms with Gasteiger partial charge in [-0.2, -0.15) is 0 Å². The minimum atomic E-state index is -0.290. The van der Waals surface area contributed by atoms with E-state index in [-0.39, 0.29) is 23.6 Å². The Morgan fingerprint density at radius 3 is 2.82 bits per heavy atom. The molecule has 1 aliphatic rings. The van der Waals surface area contributed by atoms with Crippen LogP contribution in [0.1, 0.15) is 51.3 Å². The van der Waals surface area contributed by atoms with Gasteiger partial charge in [-0.1, -0.05) is 17.3 Å². The number of hydrogen-bond acceptors (Lipinski definition) is 5. The molecule has 3 heterocycles. The minimum Gasteiger partial charge on any atom is -0.451 e. The Morgan fingerprint density at radius 1 is 1.21 bits per heavy atom. The van der Waals surface area contributed by atoms with Crippen LogP contribution >= 0.6 is 0 Å². The van der Waals surface area contributed by atoms with Crippen LogP contribution in [0, 0.1) is 6.92 Å².